The second-order valence-corrected chi connectivity index (χ2v) is 7.96. The number of unbranched alkanes of at least 4 members (excludes halogenated alkanes) is 1. The van der Waals surface area contributed by atoms with E-state index in [0.29, 0.717) is 11.4 Å². The zero-order valence-electron chi connectivity index (χ0n) is 15.5. The molecule has 0 bridgehead atoms. The Labute approximate surface area is 164 Å². The predicted molar refractivity (Wildman–Crippen MR) is 109 cm³/mol. The maximum Gasteiger partial charge on any atom is 0.279 e. The maximum absolute atomic E-state index is 12.6. The molecule has 0 unspecified atom stereocenters. The van der Waals surface area contributed by atoms with Crippen molar-refractivity contribution in [1.82, 2.24) is 10.2 Å². The first-order valence-corrected chi connectivity index (χ1v) is 10.5. The summed E-state index contributed by atoms with van der Waals surface area (Å²) in [6, 6.07) is 16.0. The van der Waals surface area contributed by atoms with Crippen molar-refractivity contribution in [2.24, 2.45) is 0 Å². The van der Waals surface area contributed by atoms with Crippen molar-refractivity contribution in [2.75, 3.05) is 10.0 Å². The number of rotatable bonds is 8. The minimum absolute atomic E-state index is 0.0570. The smallest absolute Gasteiger partial charge is 0.279 e. The first kappa shape index (κ1) is 19.6. The van der Waals surface area contributed by atoms with E-state index in [1.54, 1.807) is 42.5 Å². The Hall–Kier alpha value is -3.13. The second kappa shape index (κ2) is 8.71. The van der Waals surface area contributed by atoms with Gasteiger partial charge in [0.25, 0.3) is 15.9 Å². The largest absolute Gasteiger partial charge is 0.322 e. The molecule has 0 aliphatic carbocycles. The molecule has 3 N–H and O–H groups in total. The third kappa shape index (κ3) is 4.77. The number of nitrogens with zero attached hydrogens (tertiary/aromatic N) is 1. The molecule has 7 nitrogen and oxygen atoms in total. The van der Waals surface area contributed by atoms with Gasteiger partial charge in [-0.3, -0.25) is 14.6 Å². The molecule has 0 spiro atoms. The third-order valence-corrected chi connectivity index (χ3v) is 5.53. The molecule has 0 fully saturated rings. The molecule has 3 aromatic rings. The number of H-pyrrole nitrogens is 1. The normalized spacial score (nSPS) is 11.2. The average molecular weight is 398 g/mol. The lowest BCUT2D eigenvalue weighted by atomic mass is 10.1. The van der Waals surface area contributed by atoms with E-state index in [0.717, 1.165) is 19.3 Å². The van der Waals surface area contributed by atoms with Crippen LogP contribution in [0.1, 0.15) is 35.7 Å². The minimum Gasteiger partial charge on any atom is -0.322 e. The average Bonchev–Trinajstić information content (AvgIpc) is 3.19. The van der Waals surface area contributed by atoms with Crippen molar-refractivity contribution in [1.29, 1.82) is 0 Å². The van der Waals surface area contributed by atoms with E-state index in [1.165, 1.54) is 11.8 Å². The summed E-state index contributed by atoms with van der Waals surface area (Å²) in [5.74, 6) is -0.552. The van der Waals surface area contributed by atoms with E-state index in [9.17, 15) is 13.2 Å². The lowest BCUT2D eigenvalue weighted by Gasteiger charge is -2.09. The monoisotopic (exact) mass is 398 g/mol. The molecule has 0 saturated carbocycles. The number of aromatic nitrogens is 2. The van der Waals surface area contributed by atoms with Crippen LogP contribution in [0.25, 0.3) is 0 Å². The van der Waals surface area contributed by atoms with Crippen LogP contribution in [0.15, 0.2) is 65.8 Å². The fourth-order valence-corrected chi connectivity index (χ4v) is 3.84. The summed E-state index contributed by atoms with van der Waals surface area (Å²) >= 11 is 0. The highest BCUT2D eigenvalue weighted by atomic mass is 32.2. The number of aromatic amines is 1. The summed E-state index contributed by atoms with van der Waals surface area (Å²) in [7, 11) is -3.98. The van der Waals surface area contributed by atoms with Crippen molar-refractivity contribution in [3.8, 4) is 0 Å². The van der Waals surface area contributed by atoms with E-state index >= 15 is 0 Å². The van der Waals surface area contributed by atoms with Gasteiger partial charge in [-0.25, -0.2) is 0 Å². The third-order valence-electron chi connectivity index (χ3n) is 4.17. The maximum atomic E-state index is 12.6. The molecule has 3 rings (SSSR count). The van der Waals surface area contributed by atoms with Crippen molar-refractivity contribution in [3.63, 3.8) is 0 Å². The van der Waals surface area contributed by atoms with Crippen molar-refractivity contribution < 1.29 is 13.2 Å². The van der Waals surface area contributed by atoms with E-state index < -0.39 is 15.9 Å². The summed E-state index contributed by atoms with van der Waals surface area (Å²) in [5, 5.41) is 8.57. The molecule has 1 heterocycles. The molecular weight excluding hydrogens is 376 g/mol. The molecule has 0 aliphatic heterocycles. The molecule has 28 heavy (non-hydrogen) atoms. The summed E-state index contributed by atoms with van der Waals surface area (Å²) in [5.41, 5.74) is 2.12. The van der Waals surface area contributed by atoms with Crippen molar-refractivity contribution in [3.05, 3.63) is 71.9 Å². The Morgan fingerprint density at radius 3 is 2.43 bits per heavy atom. The number of aryl methyl sites for hydroxylation is 1. The molecule has 1 aromatic heterocycles. The summed E-state index contributed by atoms with van der Waals surface area (Å²) in [6.07, 6.45) is 4.41. The Morgan fingerprint density at radius 1 is 1.04 bits per heavy atom. The molecule has 2 aromatic carbocycles. The van der Waals surface area contributed by atoms with Crippen LogP contribution in [-0.2, 0) is 16.4 Å². The lowest BCUT2D eigenvalue weighted by molar-refractivity contribution is 0.102. The van der Waals surface area contributed by atoms with Gasteiger partial charge in [0, 0.05) is 11.4 Å². The van der Waals surface area contributed by atoms with Gasteiger partial charge < -0.3 is 5.32 Å². The quantitative estimate of drug-likeness (QED) is 0.537. The molecule has 0 atom stereocenters. The van der Waals surface area contributed by atoms with Crippen LogP contribution in [0.3, 0.4) is 0 Å². The number of carbonyl (C=O) groups excluding carboxylic acids is 1. The van der Waals surface area contributed by atoms with E-state index in [1.807, 2.05) is 12.1 Å². The second-order valence-electron chi connectivity index (χ2n) is 6.34. The zero-order valence-corrected chi connectivity index (χ0v) is 16.3. The number of anilines is 2. The molecule has 0 radical (unpaired) electrons. The highest BCUT2D eigenvalue weighted by Gasteiger charge is 2.25. The number of para-hydroxylation sites is 1. The number of nitrogens with one attached hydrogen (secondary N) is 3. The molecule has 0 aliphatic rings. The van der Waals surface area contributed by atoms with Gasteiger partial charge in [-0.1, -0.05) is 43.7 Å². The number of hydrogen-bond acceptors (Lipinski definition) is 4. The number of sulfonamides is 1. The summed E-state index contributed by atoms with van der Waals surface area (Å²) in [4.78, 5) is 12.6. The number of benzene rings is 2. The Balaban J connectivity index is 1.74. The van der Waals surface area contributed by atoms with Gasteiger partial charge in [0.1, 0.15) is 0 Å². The van der Waals surface area contributed by atoms with E-state index in [-0.39, 0.29) is 10.6 Å². The molecular formula is C20H22N4O3S. The highest BCUT2D eigenvalue weighted by molar-refractivity contribution is 7.92. The highest BCUT2D eigenvalue weighted by Crippen LogP contribution is 2.19. The van der Waals surface area contributed by atoms with Gasteiger partial charge in [0.15, 0.2) is 5.03 Å². The van der Waals surface area contributed by atoms with Crippen LogP contribution in [-0.4, -0.2) is 24.5 Å². The number of carbonyl (C=O) groups is 1. The Morgan fingerprint density at radius 2 is 1.75 bits per heavy atom. The number of amides is 1. The van der Waals surface area contributed by atoms with Crippen LogP contribution >= 0.6 is 0 Å². The zero-order chi connectivity index (χ0) is 20.0. The van der Waals surface area contributed by atoms with Gasteiger partial charge >= 0.3 is 0 Å². The summed E-state index contributed by atoms with van der Waals surface area (Å²) < 4.78 is 27.7. The molecule has 146 valence electrons. The van der Waals surface area contributed by atoms with E-state index in [4.69, 9.17) is 0 Å². The van der Waals surface area contributed by atoms with E-state index in [2.05, 4.69) is 27.2 Å². The van der Waals surface area contributed by atoms with Crippen LogP contribution < -0.4 is 10.0 Å². The van der Waals surface area contributed by atoms with Gasteiger partial charge in [0.05, 0.1) is 11.8 Å². The standard InChI is InChI=1S/C20H22N4O3S/c1-2-3-7-15-10-12-16(13-11-15)22-19(25)18-14-21-23-20(18)28(26,27)24-17-8-5-4-6-9-17/h4-6,8-14,24H,2-3,7H2,1H3,(H,21,23)(H,22,25). The van der Waals surface area contributed by atoms with Gasteiger partial charge in [-0.15, -0.1) is 0 Å². The fourth-order valence-electron chi connectivity index (χ4n) is 2.69. The van der Waals surface area contributed by atoms with Crippen LogP contribution in [0.4, 0.5) is 11.4 Å². The van der Waals surface area contributed by atoms with Crippen LogP contribution in [0.5, 0.6) is 0 Å². The first-order chi connectivity index (χ1) is 13.5. The SMILES string of the molecule is CCCCc1ccc(NC(=O)c2cn[nH]c2S(=O)(=O)Nc2ccccc2)cc1. The predicted octanol–water partition coefficient (Wildman–Crippen LogP) is 3.81. The van der Waals surface area contributed by atoms with Gasteiger partial charge in [-0.05, 0) is 42.7 Å². The topological polar surface area (TPSA) is 104 Å². The first-order valence-electron chi connectivity index (χ1n) is 9.01. The Bertz CT molecular complexity index is 1030. The van der Waals surface area contributed by atoms with Gasteiger partial charge in [-0.2, -0.15) is 13.5 Å². The molecule has 0 saturated heterocycles. The minimum atomic E-state index is -3.98. The Kier molecular flexibility index (Phi) is 6.10. The van der Waals surface area contributed by atoms with Crippen LogP contribution in [0, 0.1) is 0 Å². The summed E-state index contributed by atoms with van der Waals surface area (Å²) in [6.45, 7) is 2.14. The van der Waals surface area contributed by atoms with Crippen LogP contribution in [0.2, 0.25) is 0 Å². The van der Waals surface area contributed by atoms with Crippen molar-refractivity contribution >= 4 is 27.3 Å². The lowest BCUT2D eigenvalue weighted by Crippen LogP contribution is -2.19. The molecule has 8 heteroatoms. The fraction of sp³-hybridized carbons (Fsp3) is 0.200. The van der Waals surface area contributed by atoms with Gasteiger partial charge in [0.2, 0.25) is 0 Å². The molecule has 1 amide bonds. The van der Waals surface area contributed by atoms with Crippen molar-refractivity contribution in [2.45, 2.75) is 31.2 Å². The number of hydrogen-bond donors (Lipinski definition) is 3.